The molecule has 1 atom stereocenters. The molecule has 1 aliphatic rings. The van der Waals surface area contributed by atoms with Crippen molar-refractivity contribution in [2.75, 3.05) is 45.6 Å². The van der Waals surface area contributed by atoms with E-state index < -0.39 is 11.9 Å². The number of nitrogens with one attached hydrogen (secondary N) is 2. The summed E-state index contributed by atoms with van der Waals surface area (Å²) in [5, 5.41) is 5.26. The predicted molar refractivity (Wildman–Crippen MR) is 151 cm³/mol. The molecular formula is C24H45ClN8O6. The van der Waals surface area contributed by atoms with Gasteiger partial charge in [-0.25, -0.2) is 9.97 Å². The number of carbonyl (C=O) groups is 2. The number of anilines is 2. The Labute approximate surface area is 235 Å². The van der Waals surface area contributed by atoms with E-state index in [9.17, 15) is 9.59 Å². The molecule has 0 saturated heterocycles. The first-order valence-corrected chi connectivity index (χ1v) is 13.2. The number of rotatable bonds is 13. The van der Waals surface area contributed by atoms with Crippen molar-refractivity contribution in [1.82, 2.24) is 20.6 Å². The maximum Gasteiger partial charge on any atom is 0.325 e. The molecule has 10 N–H and O–H groups in total. The van der Waals surface area contributed by atoms with E-state index >= 15 is 0 Å². The molecule has 1 saturated carbocycles. The first-order chi connectivity index (χ1) is 18.2. The Morgan fingerprint density at radius 2 is 1.77 bits per heavy atom. The summed E-state index contributed by atoms with van der Waals surface area (Å²) in [6, 6.07) is -0.542. The van der Waals surface area contributed by atoms with E-state index in [0.29, 0.717) is 12.5 Å². The van der Waals surface area contributed by atoms with Gasteiger partial charge < -0.3 is 36.9 Å². The second-order valence-corrected chi connectivity index (χ2v) is 8.90. The van der Waals surface area contributed by atoms with Gasteiger partial charge in [-0.05, 0) is 38.0 Å². The number of carbonyl (C=O) groups excluding carboxylic acids is 2. The molecule has 224 valence electrons. The van der Waals surface area contributed by atoms with Crippen molar-refractivity contribution in [3.05, 3.63) is 10.8 Å². The van der Waals surface area contributed by atoms with Crippen molar-refractivity contribution in [2.45, 2.75) is 70.9 Å². The van der Waals surface area contributed by atoms with Crippen LogP contribution in [0.5, 0.6) is 0 Å². The minimum atomic E-state index is -0.658. The van der Waals surface area contributed by atoms with Gasteiger partial charge in [-0.2, -0.15) is 0 Å². The number of hydrogen-bond acceptors (Lipinski definition) is 11. The topological polar surface area (TPSA) is 234 Å². The van der Waals surface area contributed by atoms with Gasteiger partial charge in [-0.3, -0.25) is 25.2 Å². The van der Waals surface area contributed by atoms with Crippen LogP contribution in [0.25, 0.3) is 0 Å². The van der Waals surface area contributed by atoms with Gasteiger partial charge in [0.2, 0.25) is 0 Å². The smallest absolute Gasteiger partial charge is 0.325 e. The fraction of sp³-hybridized carbons (Fsp3) is 0.708. The minimum Gasteiger partial charge on any atom is -0.468 e. The molecule has 0 bridgehead atoms. The molecule has 14 nitrogen and oxygen atoms in total. The van der Waals surface area contributed by atoms with E-state index in [2.05, 4.69) is 25.6 Å². The summed E-state index contributed by atoms with van der Waals surface area (Å²) in [4.78, 5) is 35.8. The van der Waals surface area contributed by atoms with Crippen molar-refractivity contribution in [2.24, 2.45) is 16.6 Å². The van der Waals surface area contributed by atoms with Crippen LogP contribution in [-0.2, 0) is 19.0 Å². The lowest BCUT2D eigenvalue weighted by Crippen LogP contribution is -2.43. The van der Waals surface area contributed by atoms with Crippen molar-refractivity contribution in [3.8, 4) is 0 Å². The number of guanidine groups is 1. The minimum absolute atomic E-state index is 0. The van der Waals surface area contributed by atoms with Gasteiger partial charge in [-0.1, -0.05) is 38.3 Å². The maximum atomic E-state index is 12.2. The second kappa shape index (κ2) is 20.2. The number of esters is 1. The van der Waals surface area contributed by atoms with Crippen LogP contribution in [0.15, 0.2) is 4.99 Å². The van der Waals surface area contributed by atoms with E-state index in [-0.39, 0.29) is 59.3 Å². The molecule has 1 heterocycles. The zero-order chi connectivity index (χ0) is 28.5. The molecular weight excluding hydrogens is 532 g/mol. The fourth-order valence-corrected chi connectivity index (χ4v) is 4.05. The van der Waals surface area contributed by atoms with Gasteiger partial charge in [0.1, 0.15) is 6.04 Å². The highest BCUT2D eigenvalue weighted by atomic mass is 35.5. The number of aromatic nitrogens is 2. The summed E-state index contributed by atoms with van der Waals surface area (Å²) >= 11 is 5.79. The van der Waals surface area contributed by atoms with Crippen LogP contribution in [0.3, 0.4) is 0 Å². The van der Waals surface area contributed by atoms with E-state index in [4.69, 9.17) is 43.0 Å². The third kappa shape index (κ3) is 13.2. The second-order valence-electron chi connectivity index (χ2n) is 8.54. The van der Waals surface area contributed by atoms with Crippen LogP contribution in [-0.4, -0.2) is 79.5 Å². The number of amides is 1. The highest BCUT2D eigenvalue weighted by molar-refractivity contribution is 6.31. The Morgan fingerprint density at radius 3 is 2.38 bits per heavy atom. The Hall–Kier alpha value is -2.78. The van der Waals surface area contributed by atoms with Crippen LogP contribution < -0.4 is 27.8 Å². The summed E-state index contributed by atoms with van der Waals surface area (Å²) < 4.78 is 15.7. The highest BCUT2D eigenvalue weighted by Crippen LogP contribution is 2.30. The van der Waals surface area contributed by atoms with E-state index in [1.54, 1.807) is 7.11 Å². The number of aliphatic imine (C=N–C) groups is 1. The Morgan fingerprint density at radius 1 is 1.10 bits per heavy atom. The lowest BCUT2D eigenvalue weighted by molar-refractivity contribution is -0.146. The van der Waals surface area contributed by atoms with Crippen molar-refractivity contribution < 1.29 is 29.3 Å². The van der Waals surface area contributed by atoms with E-state index in [1.807, 2.05) is 13.8 Å². The fourth-order valence-electron chi connectivity index (χ4n) is 3.92. The third-order valence-corrected chi connectivity index (χ3v) is 6.19. The van der Waals surface area contributed by atoms with Gasteiger partial charge in [0, 0.05) is 13.7 Å². The number of nitrogens with zero attached hydrogens (tertiary/aromatic N) is 3. The van der Waals surface area contributed by atoms with Gasteiger partial charge in [0.25, 0.3) is 5.91 Å². The van der Waals surface area contributed by atoms with Crippen LogP contribution in [0.4, 0.5) is 11.6 Å². The molecule has 1 fully saturated rings. The summed E-state index contributed by atoms with van der Waals surface area (Å²) in [5.41, 5.74) is 16.8. The molecule has 1 aromatic rings. The van der Waals surface area contributed by atoms with Crippen LogP contribution in [0, 0.1) is 5.92 Å². The third-order valence-electron chi connectivity index (χ3n) is 5.92. The van der Waals surface area contributed by atoms with Crippen LogP contribution in [0.1, 0.15) is 69.3 Å². The average molecular weight is 577 g/mol. The number of hydrogen-bond donors (Lipinski definition) is 5. The van der Waals surface area contributed by atoms with Crippen LogP contribution >= 0.6 is 11.6 Å². The largest absolute Gasteiger partial charge is 0.468 e. The zero-order valence-corrected chi connectivity index (χ0v) is 24.1. The monoisotopic (exact) mass is 576 g/mol. The molecule has 0 aromatic carbocycles. The molecule has 0 spiro atoms. The van der Waals surface area contributed by atoms with Crippen molar-refractivity contribution in [1.29, 1.82) is 0 Å². The van der Waals surface area contributed by atoms with E-state index in [0.717, 1.165) is 44.9 Å². The lowest BCUT2D eigenvalue weighted by Gasteiger charge is -2.29. The zero-order valence-electron chi connectivity index (χ0n) is 23.3. The Kier molecular flexibility index (Phi) is 18.7. The number of halogens is 1. The summed E-state index contributed by atoms with van der Waals surface area (Å²) in [6.07, 6.45) is 7.14. The molecule has 15 heteroatoms. The predicted octanol–water partition coefficient (Wildman–Crippen LogP) is 1.02. The summed E-state index contributed by atoms with van der Waals surface area (Å²) in [6.45, 7) is 4.99. The maximum absolute atomic E-state index is 12.2. The van der Waals surface area contributed by atoms with Gasteiger partial charge in [0.15, 0.2) is 28.4 Å². The average Bonchev–Trinajstić information content (AvgIpc) is 2.92. The summed E-state index contributed by atoms with van der Waals surface area (Å²) in [5.74, 6) is -0.627. The van der Waals surface area contributed by atoms with Crippen molar-refractivity contribution in [3.63, 3.8) is 0 Å². The van der Waals surface area contributed by atoms with Gasteiger partial charge in [-0.15, -0.1) is 0 Å². The quantitative estimate of drug-likeness (QED) is 0.0730. The number of unbranched alkanes of at least 4 members (excludes halogenated alkanes) is 1. The molecule has 1 amide bonds. The SMILES string of the molecule is CC.COCN[C@@H](COC1CCC(CCCCN=C(N)NC(=O)c2nc(Cl)c(N)nc2N)CC1)C(=O)OC.O. The summed E-state index contributed by atoms with van der Waals surface area (Å²) in [7, 11) is 2.91. The molecule has 0 unspecified atom stereocenters. The van der Waals surface area contributed by atoms with Gasteiger partial charge in [0.05, 0.1) is 26.6 Å². The molecule has 0 aliphatic heterocycles. The molecule has 1 aliphatic carbocycles. The first kappa shape index (κ1) is 36.2. The molecule has 2 rings (SSSR count). The number of nitrogen functional groups attached to an aromatic ring is 2. The Bertz CT molecular complexity index is 900. The first-order valence-electron chi connectivity index (χ1n) is 12.9. The van der Waals surface area contributed by atoms with E-state index in [1.165, 1.54) is 7.11 Å². The van der Waals surface area contributed by atoms with Crippen molar-refractivity contribution >= 4 is 41.1 Å². The molecule has 1 aromatic heterocycles. The number of nitrogens with two attached hydrogens (primary N) is 3. The molecule has 39 heavy (non-hydrogen) atoms. The lowest BCUT2D eigenvalue weighted by atomic mass is 9.84. The molecule has 0 radical (unpaired) electrons. The normalized spacial score (nSPS) is 17.7. The standard InChI is InChI=1S/C22H37ClN8O5.C2H6.H2O/c1-34-12-28-15(21(33)35-2)11-36-14-8-6-13(7-9-14)5-3-4-10-27-22(26)31-20(32)16-18(24)30-19(25)17(23)29-16;1-2;/h13-15,28H,3-12H2,1-2H3,(H4,24,25,30)(H3,26,27,31,32);1-2H3;1H2/t13?,14?,15-;;/m0../s1. The number of ether oxygens (including phenoxy) is 3. The van der Waals surface area contributed by atoms with Crippen LogP contribution in [0.2, 0.25) is 5.15 Å². The Balaban J connectivity index is 0.00000470. The number of methoxy groups -OCH3 is 2. The highest BCUT2D eigenvalue weighted by Gasteiger charge is 2.25. The van der Waals surface area contributed by atoms with Gasteiger partial charge >= 0.3 is 5.97 Å².